The van der Waals surface area contributed by atoms with Crippen LogP contribution in [0.3, 0.4) is 0 Å². The van der Waals surface area contributed by atoms with Crippen molar-refractivity contribution >= 4 is 17.3 Å². The SMILES string of the molecule is COc1cccc2c1C(=O)c1c(O)c3c(c(O)c1C2=O)CC(O)(C(=O)CO)CC3OC1CC(C)C(F)C(C)O1. The lowest BCUT2D eigenvalue weighted by Crippen LogP contribution is -2.48. The number of rotatable bonds is 5. The number of ether oxygens (including phenoxy) is 3. The Bertz CT molecular complexity index is 1380. The van der Waals surface area contributed by atoms with Crippen LogP contribution in [0.5, 0.6) is 17.2 Å². The van der Waals surface area contributed by atoms with E-state index in [9.17, 15) is 39.2 Å². The van der Waals surface area contributed by atoms with E-state index in [1.54, 1.807) is 6.92 Å². The number of halogens is 1. The van der Waals surface area contributed by atoms with E-state index in [1.165, 1.54) is 32.2 Å². The summed E-state index contributed by atoms with van der Waals surface area (Å²) in [5, 5.41) is 43.6. The highest BCUT2D eigenvalue weighted by Crippen LogP contribution is 2.52. The van der Waals surface area contributed by atoms with Crippen LogP contribution in [-0.2, 0) is 20.7 Å². The number of phenolic OH excluding ortho intramolecular Hbond substituents is 2. The molecular formula is C28H29FO10. The zero-order valence-corrected chi connectivity index (χ0v) is 21.6. The van der Waals surface area contributed by atoms with Crippen molar-refractivity contribution in [3.63, 3.8) is 0 Å². The van der Waals surface area contributed by atoms with Crippen molar-refractivity contribution < 1.29 is 53.4 Å². The summed E-state index contributed by atoms with van der Waals surface area (Å²) in [6.45, 7) is 2.19. The minimum Gasteiger partial charge on any atom is -0.507 e. The number of carbonyl (C=O) groups is 3. The number of Topliss-reactive ketones (excluding diaryl/α,β-unsaturated/α-hetero) is 1. The van der Waals surface area contributed by atoms with Crippen molar-refractivity contribution in [3.05, 3.63) is 51.6 Å². The average molecular weight is 545 g/mol. The Morgan fingerprint density at radius 3 is 2.46 bits per heavy atom. The quantitative estimate of drug-likeness (QED) is 0.351. The molecule has 0 amide bonds. The molecular weight excluding hydrogens is 515 g/mol. The summed E-state index contributed by atoms with van der Waals surface area (Å²) in [4.78, 5) is 39.7. The largest absolute Gasteiger partial charge is 0.507 e. The topological polar surface area (TPSA) is 160 Å². The first-order valence-corrected chi connectivity index (χ1v) is 12.6. The van der Waals surface area contributed by atoms with Gasteiger partial charge in [0.1, 0.15) is 35.6 Å². The van der Waals surface area contributed by atoms with Gasteiger partial charge in [-0.1, -0.05) is 19.1 Å². The van der Waals surface area contributed by atoms with Gasteiger partial charge in [0.2, 0.25) is 5.78 Å². The van der Waals surface area contributed by atoms with E-state index < -0.39 is 95.6 Å². The summed E-state index contributed by atoms with van der Waals surface area (Å²) in [6, 6.07) is 4.37. The van der Waals surface area contributed by atoms with Crippen molar-refractivity contribution in [2.75, 3.05) is 13.7 Å². The summed E-state index contributed by atoms with van der Waals surface area (Å²) in [7, 11) is 1.32. The van der Waals surface area contributed by atoms with Crippen molar-refractivity contribution in [1.29, 1.82) is 0 Å². The third-order valence-electron chi connectivity index (χ3n) is 7.98. The molecule has 0 radical (unpaired) electrons. The second-order valence-corrected chi connectivity index (χ2v) is 10.4. The molecule has 5 rings (SSSR count). The van der Waals surface area contributed by atoms with Crippen molar-refractivity contribution in [2.24, 2.45) is 5.92 Å². The number of methoxy groups -OCH3 is 1. The van der Waals surface area contributed by atoms with Gasteiger partial charge >= 0.3 is 0 Å². The molecule has 1 aliphatic heterocycles. The van der Waals surface area contributed by atoms with Gasteiger partial charge in [-0.05, 0) is 18.9 Å². The number of phenols is 2. The average Bonchev–Trinajstić information content (AvgIpc) is 2.90. The maximum absolute atomic E-state index is 14.4. The monoisotopic (exact) mass is 544 g/mol. The number of hydrogen-bond acceptors (Lipinski definition) is 10. The number of ketones is 3. The van der Waals surface area contributed by atoms with Gasteiger partial charge in [0.25, 0.3) is 0 Å². The number of carbonyl (C=O) groups excluding carboxylic acids is 3. The number of aliphatic hydroxyl groups excluding tert-OH is 1. The number of alkyl halides is 1. The zero-order chi connectivity index (χ0) is 28.4. The van der Waals surface area contributed by atoms with E-state index in [2.05, 4.69) is 0 Å². The Labute approximate surface area is 222 Å². The zero-order valence-electron chi connectivity index (χ0n) is 21.6. The highest BCUT2D eigenvalue weighted by Gasteiger charge is 2.50. The number of aliphatic hydroxyl groups is 2. The van der Waals surface area contributed by atoms with Gasteiger partial charge in [-0.3, -0.25) is 14.4 Å². The number of benzene rings is 2. The van der Waals surface area contributed by atoms with Crippen LogP contribution < -0.4 is 4.74 Å². The molecule has 11 heteroatoms. The van der Waals surface area contributed by atoms with Crippen LogP contribution in [0.4, 0.5) is 4.39 Å². The Hall–Kier alpha value is -3.38. The number of aromatic hydroxyl groups is 2. The van der Waals surface area contributed by atoms with Crippen LogP contribution in [0.1, 0.15) is 75.8 Å². The number of fused-ring (bicyclic) bond motifs is 3. The fourth-order valence-corrected chi connectivity index (χ4v) is 5.93. The first-order valence-electron chi connectivity index (χ1n) is 12.6. The summed E-state index contributed by atoms with van der Waals surface area (Å²) in [5.74, 6) is -4.20. The molecule has 2 aromatic carbocycles. The molecule has 1 saturated heterocycles. The Morgan fingerprint density at radius 2 is 1.82 bits per heavy atom. The van der Waals surface area contributed by atoms with Crippen LogP contribution >= 0.6 is 0 Å². The summed E-state index contributed by atoms with van der Waals surface area (Å²) < 4.78 is 31.3. The molecule has 0 spiro atoms. The lowest BCUT2D eigenvalue weighted by molar-refractivity contribution is -0.246. The third kappa shape index (κ3) is 4.11. The molecule has 6 atom stereocenters. The Morgan fingerprint density at radius 1 is 1.13 bits per heavy atom. The molecule has 39 heavy (non-hydrogen) atoms. The van der Waals surface area contributed by atoms with Crippen LogP contribution in [0.25, 0.3) is 0 Å². The summed E-state index contributed by atoms with van der Waals surface area (Å²) in [5.41, 5.74) is -3.59. The van der Waals surface area contributed by atoms with Gasteiger partial charge in [0, 0.05) is 36.0 Å². The molecule has 0 bridgehead atoms. The fourth-order valence-electron chi connectivity index (χ4n) is 5.93. The second kappa shape index (κ2) is 9.67. The predicted octanol–water partition coefficient (Wildman–Crippen LogP) is 2.29. The maximum atomic E-state index is 14.4. The normalized spacial score (nSPS) is 29.8. The van der Waals surface area contributed by atoms with Gasteiger partial charge in [-0.25, -0.2) is 4.39 Å². The molecule has 6 unspecified atom stereocenters. The molecule has 3 aliphatic rings. The molecule has 208 valence electrons. The van der Waals surface area contributed by atoms with Gasteiger partial charge < -0.3 is 34.6 Å². The fraction of sp³-hybridized carbons (Fsp3) is 0.464. The van der Waals surface area contributed by atoms with E-state index in [0.717, 1.165) is 0 Å². The third-order valence-corrected chi connectivity index (χ3v) is 7.98. The van der Waals surface area contributed by atoms with Gasteiger partial charge in [-0.2, -0.15) is 0 Å². The van der Waals surface area contributed by atoms with Gasteiger partial charge in [-0.15, -0.1) is 0 Å². The van der Waals surface area contributed by atoms with E-state index >= 15 is 0 Å². The molecule has 4 N–H and O–H groups in total. The first kappa shape index (κ1) is 27.2. The van der Waals surface area contributed by atoms with E-state index in [1.807, 2.05) is 0 Å². The molecule has 2 aliphatic carbocycles. The van der Waals surface area contributed by atoms with Crippen LogP contribution in [0.15, 0.2) is 18.2 Å². The minimum absolute atomic E-state index is 0.0498. The van der Waals surface area contributed by atoms with E-state index in [4.69, 9.17) is 14.2 Å². The lowest BCUT2D eigenvalue weighted by Gasteiger charge is -2.42. The van der Waals surface area contributed by atoms with Gasteiger partial charge in [0.05, 0.1) is 36.0 Å². The van der Waals surface area contributed by atoms with Crippen LogP contribution in [0.2, 0.25) is 0 Å². The van der Waals surface area contributed by atoms with Crippen molar-refractivity contribution in [3.8, 4) is 17.2 Å². The molecule has 1 fully saturated rings. The van der Waals surface area contributed by atoms with E-state index in [-0.39, 0.29) is 34.4 Å². The van der Waals surface area contributed by atoms with E-state index in [0.29, 0.717) is 0 Å². The highest BCUT2D eigenvalue weighted by molar-refractivity contribution is 6.31. The molecule has 0 saturated carbocycles. The smallest absolute Gasteiger partial charge is 0.202 e. The highest BCUT2D eigenvalue weighted by atomic mass is 19.1. The van der Waals surface area contributed by atoms with Crippen LogP contribution in [-0.4, -0.2) is 75.7 Å². The molecule has 2 aromatic rings. The predicted molar refractivity (Wildman–Crippen MR) is 132 cm³/mol. The summed E-state index contributed by atoms with van der Waals surface area (Å²) >= 11 is 0. The minimum atomic E-state index is -2.23. The second-order valence-electron chi connectivity index (χ2n) is 10.4. The Kier molecular flexibility index (Phi) is 6.74. The maximum Gasteiger partial charge on any atom is 0.202 e. The molecule has 10 nitrogen and oxygen atoms in total. The molecule has 0 aromatic heterocycles. The first-order chi connectivity index (χ1) is 18.4. The lowest BCUT2D eigenvalue weighted by atomic mass is 9.72. The van der Waals surface area contributed by atoms with Crippen molar-refractivity contribution in [2.45, 2.75) is 63.4 Å². The van der Waals surface area contributed by atoms with Crippen LogP contribution in [0, 0.1) is 5.92 Å². The standard InChI is InChI=1S/C28H29FO10/c1-11-7-18(38-12(2)23(11)29)39-16-9-28(36,17(31)10-30)8-14-20(16)27(35)22-21(25(14)33)24(32)13-5-4-6-15(37-3)19(13)26(22)34/h4-6,11-12,16,18,23,30,33,35-36H,7-10H2,1-3H3. The summed E-state index contributed by atoms with van der Waals surface area (Å²) in [6.07, 6.45) is -5.33. The van der Waals surface area contributed by atoms with Crippen molar-refractivity contribution in [1.82, 2.24) is 0 Å². The number of hydrogen-bond donors (Lipinski definition) is 4. The molecule has 1 heterocycles. The van der Waals surface area contributed by atoms with Gasteiger partial charge in [0.15, 0.2) is 17.9 Å². The Balaban J connectivity index is 1.69.